The zero-order valence-corrected chi connectivity index (χ0v) is 10.1. The normalized spacial score (nSPS) is 13.7. The lowest BCUT2D eigenvalue weighted by molar-refractivity contribution is -0.125. The standard InChI is InChI=1S/C14H14F3NO/c15-14(16,17)9-18-8-13(19)12-6-5-10-3-1-2-4-11(10)7-12/h1-7,13,18-19H,8-9H2. The Balaban J connectivity index is 2.03. The van der Waals surface area contributed by atoms with Crippen LogP contribution in [0, 0.1) is 0 Å². The van der Waals surface area contributed by atoms with E-state index in [0.717, 1.165) is 10.8 Å². The third-order valence-corrected chi connectivity index (χ3v) is 2.82. The van der Waals surface area contributed by atoms with Crippen LogP contribution in [0.15, 0.2) is 42.5 Å². The minimum atomic E-state index is -4.26. The summed E-state index contributed by atoms with van der Waals surface area (Å²) in [5.41, 5.74) is 0.605. The molecule has 0 bridgehead atoms. The van der Waals surface area contributed by atoms with Gasteiger partial charge in [0.2, 0.25) is 0 Å². The second kappa shape index (κ2) is 5.59. The van der Waals surface area contributed by atoms with Crippen LogP contribution in [0.3, 0.4) is 0 Å². The predicted molar refractivity (Wildman–Crippen MR) is 67.8 cm³/mol. The van der Waals surface area contributed by atoms with Gasteiger partial charge in [-0.1, -0.05) is 36.4 Å². The summed E-state index contributed by atoms with van der Waals surface area (Å²) in [7, 11) is 0. The van der Waals surface area contributed by atoms with Crippen LogP contribution in [0.25, 0.3) is 10.8 Å². The van der Waals surface area contributed by atoms with Gasteiger partial charge in [0, 0.05) is 6.54 Å². The average Bonchev–Trinajstić information content (AvgIpc) is 2.36. The summed E-state index contributed by atoms with van der Waals surface area (Å²) in [5.74, 6) is 0. The largest absolute Gasteiger partial charge is 0.401 e. The fourth-order valence-corrected chi connectivity index (χ4v) is 1.88. The Labute approximate surface area is 108 Å². The van der Waals surface area contributed by atoms with E-state index in [1.165, 1.54) is 0 Å². The van der Waals surface area contributed by atoms with Crippen molar-refractivity contribution < 1.29 is 18.3 Å². The van der Waals surface area contributed by atoms with E-state index < -0.39 is 18.8 Å². The van der Waals surface area contributed by atoms with Gasteiger partial charge < -0.3 is 10.4 Å². The van der Waals surface area contributed by atoms with Crippen molar-refractivity contribution >= 4 is 10.8 Å². The lowest BCUT2D eigenvalue weighted by Gasteiger charge is -2.14. The summed E-state index contributed by atoms with van der Waals surface area (Å²) in [6.07, 6.45) is -5.21. The van der Waals surface area contributed by atoms with Gasteiger partial charge in [-0.2, -0.15) is 13.2 Å². The Morgan fingerprint density at radius 3 is 2.42 bits per heavy atom. The fraction of sp³-hybridized carbons (Fsp3) is 0.286. The molecule has 2 aromatic rings. The van der Waals surface area contributed by atoms with Crippen molar-refractivity contribution in [2.45, 2.75) is 12.3 Å². The van der Waals surface area contributed by atoms with E-state index in [1.54, 1.807) is 12.1 Å². The van der Waals surface area contributed by atoms with Crippen molar-refractivity contribution in [2.75, 3.05) is 13.1 Å². The van der Waals surface area contributed by atoms with E-state index in [9.17, 15) is 18.3 Å². The zero-order valence-electron chi connectivity index (χ0n) is 10.1. The molecule has 1 unspecified atom stereocenters. The SMILES string of the molecule is OC(CNCC(F)(F)F)c1ccc2ccccc2c1. The van der Waals surface area contributed by atoms with Crippen LogP contribution in [0.2, 0.25) is 0 Å². The minimum Gasteiger partial charge on any atom is -0.387 e. The molecule has 0 saturated carbocycles. The minimum absolute atomic E-state index is 0.127. The molecule has 0 amide bonds. The number of hydrogen-bond donors (Lipinski definition) is 2. The van der Waals surface area contributed by atoms with E-state index in [2.05, 4.69) is 5.32 Å². The third kappa shape index (κ3) is 3.94. The van der Waals surface area contributed by atoms with E-state index in [4.69, 9.17) is 0 Å². The smallest absolute Gasteiger partial charge is 0.387 e. The molecular formula is C14H14F3NO. The molecule has 0 saturated heterocycles. The van der Waals surface area contributed by atoms with Gasteiger partial charge in [-0.3, -0.25) is 0 Å². The molecule has 2 rings (SSSR count). The summed E-state index contributed by atoms with van der Waals surface area (Å²) in [6, 6.07) is 13.0. The summed E-state index contributed by atoms with van der Waals surface area (Å²) < 4.78 is 35.9. The second-order valence-corrected chi connectivity index (χ2v) is 4.37. The van der Waals surface area contributed by atoms with Crippen LogP contribution < -0.4 is 5.32 Å². The van der Waals surface area contributed by atoms with E-state index in [1.807, 2.05) is 30.3 Å². The van der Waals surface area contributed by atoms with Crippen molar-refractivity contribution in [3.8, 4) is 0 Å². The number of aliphatic hydroxyl groups is 1. The number of alkyl halides is 3. The number of aliphatic hydroxyl groups excluding tert-OH is 1. The molecule has 102 valence electrons. The second-order valence-electron chi connectivity index (χ2n) is 4.37. The molecule has 0 fully saturated rings. The van der Waals surface area contributed by atoms with E-state index >= 15 is 0 Å². The maximum Gasteiger partial charge on any atom is 0.401 e. The van der Waals surface area contributed by atoms with Gasteiger partial charge in [0.05, 0.1) is 12.6 Å². The highest BCUT2D eigenvalue weighted by Gasteiger charge is 2.26. The highest BCUT2D eigenvalue weighted by atomic mass is 19.4. The van der Waals surface area contributed by atoms with Gasteiger partial charge in [-0.15, -0.1) is 0 Å². The van der Waals surface area contributed by atoms with Crippen molar-refractivity contribution in [3.05, 3.63) is 48.0 Å². The first-order valence-electron chi connectivity index (χ1n) is 5.90. The van der Waals surface area contributed by atoms with Crippen LogP contribution in [-0.2, 0) is 0 Å². The van der Waals surface area contributed by atoms with Gasteiger partial charge in [0.25, 0.3) is 0 Å². The highest BCUT2D eigenvalue weighted by molar-refractivity contribution is 5.83. The highest BCUT2D eigenvalue weighted by Crippen LogP contribution is 2.20. The molecule has 1 atom stereocenters. The van der Waals surface area contributed by atoms with E-state index in [0.29, 0.717) is 5.56 Å². The molecule has 0 spiro atoms. The molecule has 0 aliphatic carbocycles. The number of nitrogens with one attached hydrogen (secondary N) is 1. The summed E-state index contributed by atoms with van der Waals surface area (Å²) >= 11 is 0. The fourth-order valence-electron chi connectivity index (χ4n) is 1.88. The maximum absolute atomic E-state index is 12.0. The van der Waals surface area contributed by atoms with Crippen molar-refractivity contribution in [1.82, 2.24) is 5.32 Å². The Morgan fingerprint density at radius 2 is 1.74 bits per heavy atom. The van der Waals surface area contributed by atoms with Crippen LogP contribution in [0.1, 0.15) is 11.7 Å². The van der Waals surface area contributed by atoms with Gasteiger partial charge >= 0.3 is 6.18 Å². The Hall–Kier alpha value is -1.59. The molecule has 0 aliphatic heterocycles. The molecular weight excluding hydrogens is 255 g/mol. The maximum atomic E-state index is 12.0. The Bertz CT molecular complexity index is 554. The molecule has 0 aromatic heterocycles. The molecule has 2 aromatic carbocycles. The zero-order chi connectivity index (χ0) is 13.9. The first-order valence-corrected chi connectivity index (χ1v) is 5.90. The number of rotatable bonds is 4. The Morgan fingerprint density at radius 1 is 1.05 bits per heavy atom. The van der Waals surface area contributed by atoms with Crippen molar-refractivity contribution in [2.24, 2.45) is 0 Å². The lowest BCUT2D eigenvalue weighted by atomic mass is 10.0. The Kier molecular flexibility index (Phi) is 4.07. The monoisotopic (exact) mass is 269 g/mol. The van der Waals surface area contributed by atoms with Crippen LogP contribution in [0.5, 0.6) is 0 Å². The number of hydrogen-bond acceptors (Lipinski definition) is 2. The average molecular weight is 269 g/mol. The summed E-state index contributed by atoms with van der Waals surface area (Å²) in [6.45, 7) is -1.23. The molecule has 2 N–H and O–H groups in total. The molecule has 19 heavy (non-hydrogen) atoms. The quantitative estimate of drug-likeness (QED) is 0.894. The first-order chi connectivity index (χ1) is 8.96. The number of fused-ring (bicyclic) bond motifs is 1. The first kappa shape index (κ1) is 13.8. The number of halogens is 3. The van der Waals surface area contributed by atoms with Crippen LogP contribution >= 0.6 is 0 Å². The van der Waals surface area contributed by atoms with Crippen molar-refractivity contribution in [1.29, 1.82) is 0 Å². The molecule has 0 heterocycles. The topological polar surface area (TPSA) is 32.3 Å². The van der Waals surface area contributed by atoms with Gasteiger partial charge in [0.1, 0.15) is 0 Å². The summed E-state index contributed by atoms with van der Waals surface area (Å²) in [4.78, 5) is 0. The number of benzene rings is 2. The van der Waals surface area contributed by atoms with Gasteiger partial charge in [-0.05, 0) is 22.4 Å². The summed E-state index contributed by atoms with van der Waals surface area (Å²) in [5, 5.41) is 14.0. The van der Waals surface area contributed by atoms with Crippen LogP contribution in [-0.4, -0.2) is 24.4 Å². The van der Waals surface area contributed by atoms with Crippen molar-refractivity contribution in [3.63, 3.8) is 0 Å². The molecule has 2 nitrogen and oxygen atoms in total. The third-order valence-electron chi connectivity index (χ3n) is 2.82. The molecule has 0 aliphatic rings. The van der Waals surface area contributed by atoms with Crippen LogP contribution in [0.4, 0.5) is 13.2 Å². The molecule has 0 radical (unpaired) electrons. The van der Waals surface area contributed by atoms with E-state index in [-0.39, 0.29) is 6.54 Å². The van der Waals surface area contributed by atoms with Gasteiger partial charge in [0.15, 0.2) is 0 Å². The molecule has 5 heteroatoms. The lowest BCUT2D eigenvalue weighted by Crippen LogP contribution is -2.31. The predicted octanol–water partition coefficient (Wildman–Crippen LogP) is 3.03. The van der Waals surface area contributed by atoms with Gasteiger partial charge in [-0.25, -0.2) is 0 Å².